The van der Waals surface area contributed by atoms with E-state index in [1.807, 2.05) is 0 Å². The summed E-state index contributed by atoms with van der Waals surface area (Å²) >= 11 is 0. The largest absolute Gasteiger partial charge is 0.314 e. The minimum absolute atomic E-state index is 0.825. The second kappa shape index (κ2) is 4.45. The fourth-order valence-corrected chi connectivity index (χ4v) is 2.05. The van der Waals surface area contributed by atoms with Crippen molar-refractivity contribution in [2.75, 3.05) is 6.54 Å². The van der Waals surface area contributed by atoms with Gasteiger partial charge in [-0.05, 0) is 37.6 Å². The smallest absolute Gasteiger partial charge is 0.00670 e. The van der Waals surface area contributed by atoms with Crippen molar-refractivity contribution in [3.8, 4) is 0 Å². The molecule has 0 bridgehead atoms. The number of rotatable bonds is 7. The molecule has 0 aliphatic heterocycles. The van der Waals surface area contributed by atoms with E-state index in [4.69, 9.17) is 0 Å². The van der Waals surface area contributed by atoms with E-state index in [0.717, 1.165) is 17.9 Å². The monoisotopic (exact) mass is 181 g/mol. The molecule has 0 saturated heterocycles. The molecule has 0 aromatic rings. The number of hydrogen-bond donors (Lipinski definition) is 1. The topological polar surface area (TPSA) is 12.0 Å². The highest BCUT2D eigenvalue weighted by Crippen LogP contribution is 2.34. The van der Waals surface area contributed by atoms with Crippen LogP contribution in [0.2, 0.25) is 0 Å². The van der Waals surface area contributed by atoms with Gasteiger partial charge in [-0.15, -0.1) is 0 Å². The molecular formula is C12H23N. The van der Waals surface area contributed by atoms with Crippen LogP contribution in [0.5, 0.6) is 0 Å². The van der Waals surface area contributed by atoms with Crippen molar-refractivity contribution >= 4 is 0 Å². The van der Waals surface area contributed by atoms with Crippen LogP contribution < -0.4 is 5.32 Å². The Balaban J connectivity index is 1.52. The Hall–Kier alpha value is -0.0400. The van der Waals surface area contributed by atoms with Crippen LogP contribution in [-0.2, 0) is 0 Å². The average Bonchev–Trinajstić information content (AvgIpc) is 2.97. The Morgan fingerprint density at radius 2 is 1.85 bits per heavy atom. The van der Waals surface area contributed by atoms with Crippen molar-refractivity contribution in [3.63, 3.8) is 0 Å². The van der Waals surface area contributed by atoms with Gasteiger partial charge >= 0.3 is 0 Å². The van der Waals surface area contributed by atoms with E-state index in [-0.39, 0.29) is 0 Å². The first-order valence-corrected chi connectivity index (χ1v) is 6.12. The second-order valence-corrected chi connectivity index (χ2v) is 4.97. The van der Waals surface area contributed by atoms with E-state index in [0.29, 0.717) is 0 Å². The molecule has 0 heterocycles. The average molecular weight is 181 g/mol. The predicted molar refractivity (Wildman–Crippen MR) is 56.8 cm³/mol. The molecule has 0 amide bonds. The van der Waals surface area contributed by atoms with Crippen molar-refractivity contribution in [2.24, 2.45) is 11.8 Å². The van der Waals surface area contributed by atoms with Gasteiger partial charge in [-0.2, -0.15) is 0 Å². The maximum Gasteiger partial charge on any atom is 0.00670 e. The number of hydrogen-bond acceptors (Lipinski definition) is 1. The third-order valence-electron chi connectivity index (χ3n) is 3.49. The molecule has 76 valence electrons. The lowest BCUT2D eigenvalue weighted by Crippen LogP contribution is -2.30. The molecule has 2 fully saturated rings. The third kappa shape index (κ3) is 3.68. The first kappa shape index (κ1) is 9.51. The summed E-state index contributed by atoms with van der Waals surface area (Å²) in [6.45, 7) is 3.59. The molecule has 2 saturated carbocycles. The van der Waals surface area contributed by atoms with Crippen LogP contribution in [-0.4, -0.2) is 12.6 Å². The molecule has 1 N–H and O–H groups in total. The number of nitrogens with one attached hydrogen (secondary N) is 1. The molecule has 0 aromatic heterocycles. The van der Waals surface area contributed by atoms with E-state index >= 15 is 0 Å². The zero-order valence-corrected chi connectivity index (χ0v) is 8.89. The molecule has 0 aromatic carbocycles. The highest BCUT2D eigenvalue weighted by molar-refractivity contribution is 4.80. The Kier molecular flexibility index (Phi) is 3.26. The third-order valence-corrected chi connectivity index (χ3v) is 3.49. The maximum atomic E-state index is 3.71. The first-order chi connectivity index (χ1) is 6.38. The van der Waals surface area contributed by atoms with Gasteiger partial charge in [-0.3, -0.25) is 0 Å². The Labute approximate surface area is 82.3 Å². The molecule has 2 aliphatic rings. The molecule has 2 rings (SSSR count). The van der Waals surface area contributed by atoms with Gasteiger partial charge in [0.05, 0.1) is 0 Å². The van der Waals surface area contributed by atoms with Crippen LogP contribution in [0.4, 0.5) is 0 Å². The quantitative estimate of drug-likeness (QED) is 0.636. The summed E-state index contributed by atoms with van der Waals surface area (Å²) in [5.74, 6) is 2.17. The van der Waals surface area contributed by atoms with Crippen LogP contribution in [0.25, 0.3) is 0 Å². The van der Waals surface area contributed by atoms with Crippen LogP contribution in [0.15, 0.2) is 0 Å². The molecule has 13 heavy (non-hydrogen) atoms. The van der Waals surface area contributed by atoms with Gasteiger partial charge < -0.3 is 5.32 Å². The summed E-state index contributed by atoms with van der Waals surface area (Å²) < 4.78 is 0. The van der Waals surface area contributed by atoms with E-state index < -0.39 is 0 Å². The second-order valence-electron chi connectivity index (χ2n) is 4.97. The Morgan fingerprint density at radius 1 is 1.15 bits per heavy atom. The summed E-state index contributed by atoms with van der Waals surface area (Å²) in [5.41, 5.74) is 0. The molecule has 1 unspecified atom stereocenters. The standard InChI is InChI=1S/C12H23N/c1-2-12(9-11-5-6-11)13-8-7-10-3-4-10/h10-13H,2-9H2,1H3. The minimum atomic E-state index is 0.825. The lowest BCUT2D eigenvalue weighted by molar-refractivity contribution is 0.436. The summed E-state index contributed by atoms with van der Waals surface area (Å²) in [5, 5.41) is 3.71. The zero-order valence-electron chi connectivity index (χ0n) is 8.89. The van der Waals surface area contributed by atoms with Crippen LogP contribution in [0, 0.1) is 11.8 Å². The van der Waals surface area contributed by atoms with Crippen molar-refractivity contribution < 1.29 is 0 Å². The predicted octanol–water partition coefficient (Wildman–Crippen LogP) is 2.95. The highest BCUT2D eigenvalue weighted by Gasteiger charge is 2.25. The van der Waals surface area contributed by atoms with Crippen molar-refractivity contribution in [1.29, 1.82) is 0 Å². The van der Waals surface area contributed by atoms with Gasteiger partial charge in [0.25, 0.3) is 0 Å². The highest BCUT2D eigenvalue weighted by atomic mass is 14.9. The fraction of sp³-hybridized carbons (Fsp3) is 1.00. The summed E-state index contributed by atoms with van der Waals surface area (Å²) in [6, 6.07) is 0.825. The van der Waals surface area contributed by atoms with E-state index in [1.165, 1.54) is 51.5 Å². The Bertz CT molecular complexity index is 147. The van der Waals surface area contributed by atoms with Gasteiger partial charge in [0, 0.05) is 6.04 Å². The summed E-state index contributed by atoms with van der Waals surface area (Å²) in [6.07, 6.45) is 10.2. The summed E-state index contributed by atoms with van der Waals surface area (Å²) in [4.78, 5) is 0. The van der Waals surface area contributed by atoms with Gasteiger partial charge in [-0.1, -0.05) is 32.6 Å². The Morgan fingerprint density at radius 3 is 2.38 bits per heavy atom. The van der Waals surface area contributed by atoms with Gasteiger partial charge in [0.2, 0.25) is 0 Å². The van der Waals surface area contributed by atoms with Crippen molar-refractivity contribution in [2.45, 2.75) is 57.9 Å². The fourth-order valence-electron chi connectivity index (χ4n) is 2.05. The van der Waals surface area contributed by atoms with Gasteiger partial charge in [-0.25, -0.2) is 0 Å². The normalized spacial score (nSPS) is 24.7. The van der Waals surface area contributed by atoms with Crippen LogP contribution >= 0.6 is 0 Å². The zero-order chi connectivity index (χ0) is 9.10. The molecule has 0 spiro atoms. The van der Waals surface area contributed by atoms with Gasteiger partial charge in [0.1, 0.15) is 0 Å². The molecule has 1 nitrogen and oxygen atoms in total. The minimum Gasteiger partial charge on any atom is -0.314 e. The lowest BCUT2D eigenvalue weighted by Gasteiger charge is -2.16. The molecule has 0 radical (unpaired) electrons. The van der Waals surface area contributed by atoms with Crippen molar-refractivity contribution in [1.82, 2.24) is 5.32 Å². The van der Waals surface area contributed by atoms with E-state index in [1.54, 1.807) is 0 Å². The molecule has 2 aliphatic carbocycles. The van der Waals surface area contributed by atoms with E-state index in [9.17, 15) is 0 Å². The lowest BCUT2D eigenvalue weighted by atomic mass is 10.1. The van der Waals surface area contributed by atoms with Crippen LogP contribution in [0.1, 0.15) is 51.9 Å². The van der Waals surface area contributed by atoms with Gasteiger partial charge in [0.15, 0.2) is 0 Å². The van der Waals surface area contributed by atoms with E-state index in [2.05, 4.69) is 12.2 Å². The summed E-state index contributed by atoms with van der Waals surface area (Å²) in [7, 11) is 0. The van der Waals surface area contributed by atoms with Crippen LogP contribution in [0.3, 0.4) is 0 Å². The molecule has 1 atom stereocenters. The van der Waals surface area contributed by atoms with Crippen molar-refractivity contribution in [3.05, 3.63) is 0 Å². The first-order valence-electron chi connectivity index (χ1n) is 6.12. The maximum absolute atomic E-state index is 3.71. The molecule has 1 heteroatoms. The molecular weight excluding hydrogens is 158 g/mol. The SMILES string of the molecule is CCC(CC1CC1)NCCC1CC1.